The third kappa shape index (κ3) is 3.51. The van der Waals surface area contributed by atoms with Crippen LogP contribution in [-0.4, -0.2) is 42.4 Å². The van der Waals surface area contributed by atoms with Crippen molar-refractivity contribution < 1.29 is 14.6 Å². The summed E-state index contributed by atoms with van der Waals surface area (Å²) in [6, 6.07) is 17.0. The largest absolute Gasteiger partial charge is 0.486 e. The first-order valence-electron chi connectivity index (χ1n) is 9.16. The van der Waals surface area contributed by atoms with Gasteiger partial charge in [0.2, 0.25) is 0 Å². The molecule has 0 bridgehead atoms. The highest BCUT2D eigenvalue weighted by Crippen LogP contribution is 2.37. The summed E-state index contributed by atoms with van der Waals surface area (Å²) in [6.45, 7) is 2.47. The molecule has 1 heterocycles. The second-order valence-electron chi connectivity index (χ2n) is 6.82. The first-order valence-corrected chi connectivity index (χ1v) is 9.16. The van der Waals surface area contributed by atoms with Gasteiger partial charge in [-0.3, -0.25) is 4.90 Å². The average Bonchev–Trinajstić information content (AvgIpc) is 3.09. The van der Waals surface area contributed by atoms with Crippen LogP contribution in [0.2, 0.25) is 0 Å². The Morgan fingerprint density at radius 1 is 1.04 bits per heavy atom. The molecule has 0 amide bonds. The van der Waals surface area contributed by atoms with Gasteiger partial charge in [-0.1, -0.05) is 36.4 Å². The van der Waals surface area contributed by atoms with E-state index in [0.717, 1.165) is 43.9 Å². The molecule has 0 radical (unpaired) electrons. The topological polar surface area (TPSA) is 41.9 Å². The summed E-state index contributed by atoms with van der Waals surface area (Å²) in [7, 11) is 0. The van der Waals surface area contributed by atoms with Crippen LogP contribution in [0.15, 0.2) is 48.5 Å². The van der Waals surface area contributed by atoms with Crippen molar-refractivity contribution >= 4 is 0 Å². The average molecular weight is 339 g/mol. The fourth-order valence-electron chi connectivity index (χ4n) is 3.98. The highest BCUT2D eigenvalue weighted by Gasteiger charge is 2.31. The Morgan fingerprint density at radius 2 is 1.84 bits per heavy atom. The fourth-order valence-corrected chi connectivity index (χ4v) is 3.98. The highest BCUT2D eigenvalue weighted by atomic mass is 16.6. The normalized spacial score (nSPS) is 21.4. The molecule has 0 saturated heterocycles. The van der Waals surface area contributed by atoms with Crippen LogP contribution in [0.4, 0.5) is 0 Å². The standard InChI is InChI=1S/C21H25NO3/c23-13-5-12-22(19-11-10-16-6-1-2-7-18(16)19)14-17-15-24-20-8-3-4-9-21(20)25-17/h1-4,6-9,17,19,23H,5,10-15H2. The molecule has 4 rings (SSSR count). The quantitative estimate of drug-likeness (QED) is 0.878. The maximum Gasteiger partial charge on any atom is 0.161 e. The molecule has 25 heavy (non-hydrogen) atoms. The SMILES string of the molecule is OCCCN(CC1COc2ccccc2O1)C1CCc2ccccc21. The maximum absolute atomic E-state index is 9.31. The number of fused-ring (bicyclic) bond motifs is 2. The van der Waals surface area contributed by atoms with E-state index in [1.54, 1.807) is 0 Å². The van der Waals surface area contributed by atoms with Crippen LogP contribution in [0.3, 0.4) is 0 Å². The minimum atomic E-state index is 0.0151. The van der Waals surface area contributed by atoms with Crippen LogP contribution >= 0.6 is 0 Å². The molecule has 0 fully saturated rings. The van der Waals surface area contributed by atoms with Gasteiger partial charge in [-0.05, 0) is 42.5 Å². The third-order valence-electron chi connectivity index (χ3n) is 5.15. The molecule has 2 atom stereocenters. The van der Waals surface area contributed by atoms with Crippen LogP contribution in [0, 0.1) is 0 Å². The van der Waals surface area contributed by atoms with Crippen molar-refractivity contribution in [2.24, 2.45) is 0 Å². The van der Waals surface area contributed by atoms with Crippen molar-refractivity contribution in [1.82, 2.24) is 4.90 Å². The molecule has 1 N–H and O–H groups in total. The second kappa shape index (κ2) is 7.46. The van der Waals surface area contributed by atoms with Gasteiger partial charge in [0.05, 0.1) is 0 Å². The van der Waals surface area contributed by atoms with E-state index in [1.165, 1.54) is 11.1 Å². The molecular formula is C21H25NO3. The summed E-state index contributed by atoms with van der Waals surface area (Å²) in [5, 5.41) is 9.31. The van der Waals surface area contributed by atoms with Gasteiger partial charge in [-0.25, -0.2) is 0 Å². The van der Waals surface area contributed by atoms with E-state index in [0.29, 0.717) is 12.6 Å². The monoisotopic (exact) mass is 339 g/mol. The fraction of sp³-hybridized carbons (Fsp3) is 0.429. The molecule has 1 aliphatic carbocycles. The summed E-state index contributed by atoms with van der Waals surface area (Å²) in [5.41, 5.74) is 2.88. The van der Waals surface area contributed by atoms with E-state index in [1.807, 2.05) is 24.3 Å². The van der Waals surface area contributed by atoms with Gasteiger partial charge < -0.3 is 14.6 Å². The van der Waals surface area contributed by atoms with Crippen molar-refractivity contribution in [3.05, 3.63) is 59.7 Å². The number of aliphatic hydroxyl groups excluding tert-OH is 1. The van der Waals surface area contributed by atoms with Crippen molar-refractivity contribution in [3.63, 3.8) is 0 Å². The Kier molecular flexibility index (Phi) is 4.90. The zero-order chi connectivity index (χ0) is 17.1. The second-order valence-corrected chi connectivity index (χ2v) is 6.82. The smallest absolute Gasteiger partial charge is 0.161 e. The van der Waals surface area contributed by atoms with Crippen molar-refractivity contribution in [2.75, 3.05) is 26.3 Å². The van der Waals surface area contributed by atoms with Crippen molar-refractivity contribution in [3.8, 4) is 11.5 Å². The lowest BCUT2D eigenvalue weighted by Gasteiger charge is -2.35. The molecule has 0 aromatic heterocycles. The van der Waals surface area contributed by atoms with Gasteiger partial charge in [0, 0.05) is 25.7 Å². The Morgan fingerprint density at radius 3 is 2.72 bits per heavy atom. The molecule has 2 unspecified atom stereocenters. The lowest BCUT2D eigenvalue weighted by atomic mass is 10.1. The lowest BCUT2D eigenvalue weighted by molar-refractivity contribution is 0.0423. The zero-order valence-electron chi connectivity index (χ0n) is 14.4. The molecule has 0 saturated carbocycles. The Balaban J connectivity index is 1.49. The molecule has 4 nitrogen and oxygen atoms in total. The zero-order valence-corrected chi connectivity index (χ0v) is 14.4. The van der Waals surface area contributed by atoms with E-state index in [-0.39, 0.29) is 12.7 Å². The van der Waals surface area contributed by atoms with Gasteiger partial charge >= 0.3 is 0 Å². The van der Waals surface area contributed by atoms with Crippen molar-refractivity contribution in [1.29, 1.82) is 0 Å². The van der Waals surface area contributed by atoms with Crippen LogP contribution in [0.1, 0.15) is 30.0 Å². The highest BCUT2D eigenvalue weighted by molar-refractivity contribution is 5.40. The number of ether oxygens (including phenoxy) is 2. The number of aryl methyl sites for hydroxylation is 1. The molecule has 1 aliphatic heterocycles. The number of aliphatic hydroxyl groups is 1. The van der Waals surface area contributed by atoms with Gasteiger partial charge in [-0.2, -0.15) is 0 Å². The van der Waals surface area contributed by atoms with E-state index in [4.69, 9.17) is 9.47 Å². The van der Waals surface area contributed by atoms with E-state index < -0.39 is 0 Å². The number of rotatable bonds is 6. The summed E-state index contributed by atoms with van der Waals surface area (Å²) < 4.78 is 12.0. The van der Waals surface area contributed by atoms with E-state index in [2.05, 4.69) is 29.2 Å². The molecule has 2 aromatic rings. The number of para-hydroxylation sites is 2. The van der Waals surface area contributed by atoms with Gasteiger partial charge in [0.1, 0.15) is 12.7 Å². The molecule has 4 heteroatoms. The van der Waals surface area contributed by atoms with Crippen LogP contribution in [0.25, 0.3) is 0 Å². The summed E-state index contributed by atoms with van der Waals surface area (Å²) in [6.07, 6.45) is 3.06. The summed E-state index contributed by atoms with van der Waals surface area (Å²) >= 11 is 0. The number of benzene rings is 2. The van der Waals surface area contributed by atoms with Gasteiger partial charge in [0.25, 0.3) is 0 Å². The maximum atomic E-state index is 9.31. The van der Waals surface area contributed by atoms with Crippen LogP contribution in [0.5, 0.6) is 11.5 Å². The summed E-state index contributed by atoms with van der Waals surface area (Å²) in [5.74, 6) is 1.65. The Bertz CT molecular complexity index is 718. The minimum absolute atomic E-state index is 0.0151. The molecule has 2 aromatic carbocycles. The van der Waals surface area contributed by atoms with E-state index >= 15 is 0 Å². The predicted molar refractivity (Wildman–Crippen MR) is 97.1 cm³/mol. The number of nitrogens with zero attached hydrogens (tertiary/aromatic N) is 1. The Hall–Kier alpha value is -2.04. The summed E-state index contributed by atoms with van der Waals surface area (Å²) in [4.78, 5) is 2.46. The number of hydrogen-bond donors (Lipinski definition) is 1. The molecule has 0 spiro atoms. The minimum Gasteiger partial charge on any atom is -0.486 e. The molecule has 2 aliphatic rings. The van der Waals surface area contributed by atoms with Gasteiger partial charge in [-0.15, -0.1) is 0 Å². The van der Waals surface area contributed by atoms with Crippen LogP contribution in [-0.2, 0) is 6.42 Å². The van der Waals surface area contributed by atoms with Crippen molar-refractivity contribution in [2.45, 2.75) is 31.4 Å². The number of hydrogen-bond acceptors (Lipinski definition) is 4. The molecular weight excluding hydrogens is 314 g/mol. The first kappa shape index (κ1) is 16.4. The van der Waals surface area contributed by atoms with Crippen LogP contribution < -0.4 is 9.47 Å². The lowest BCUT2D eigenvalue weighted by Crippen LogP contribution is -2.42. The Labute approximate surface area is 149 Å². The molecule has 132 valence electrons. The third-order valence-corrected chi connectivity index (χ3v) is 5.15. The van der Waals surface area contributed by atoms with E-state index in [9.17, 15) is 5.11 Å². The first-order chi connectivity index (χ1) is 12.3. The van der Waals surface area contributed by atoms with Gasteiger partial charge in [0.15, 0.2) is 11.5 Å². The predicted octanol–water partition coefficient (Wildman–Crippen LogP) is 3.20.